The molecule has 3 rings (SSSR count). The topological polar surface area (TPSA) is 74.0 Å². The van der Waals surface area contributed by atoms with E-state index in [0.717, 1.165) is 18.5 Å². The maximum atomic E-state index is 12.2. The molecular formula is C18H19Cl2N5O2. The van der Waals surface area contributed by atoms with Crippen LogP contribution in [0.25, 0.3) is 0 Å². The number of ether oxygens (including phenoxy) is 1. The van der Waals surface area contributed by atoms with Crippen molar-refractivity contribution in [1.29, 1.82) is 0 Å². The summed E-state index contributed by atoms with van der Waals surface area (Å²) in [5.41, 5.74) is 1.44. The van der Waals surface area contributed by atoms with Crippen LogP contribution < -0.4 is 10.1 Å². The number of halogens is 2. The van der Waals surface area contributed by atoms with Crippen molar-refractivity contribution in [2.24, 2.45) is 0 Å². The summed E-state index contributed by atoms with van der Waals surface area (Å²) in [4.78, 5) is 12.2. The van der Waals surface area contributed by atoms with Crippen LogP contribution in [-0.2, 0) is 13.3 Å². The summed E-state index contributed by atoms with van der Waals surface area (Å²) in [6.45, 7) is 3.40. The molecule has 27 heavy (non-hydrogen) atoms. The summed E-state index contributed by atoms with van der Waals surface area (Å²) in [7, 11) is 0. The predicted molar refractivity (Wildman–Crippen MR) is 103 cm³/mol. The van der Waals surface area contributed by atoms with Crippen LogP contribution in [0.2, 0.25) is 10.0 Å². The lowest BCUT2D eigenvalue weighted by atomic mass is 10.3. The van der Waals surface area contributed by atoms with Gasteiger partial charge in [0.1, 0.15) is 16.5 Å². The molecule has 0 aliphatic heterocycles. The van der Waals surface area contributed by atoms with Crippen LogP contribution in [0.5, 0.6) is 5.75 Å². The molecule has 9 heteroatoms. The summed E-state index contributed by atoms with van der Waals surface area (Å²) in [5, 5.41) is 12.0. The Morgan fingerprint density at radius 2 is 2.11 bits per heavy atom. The Morgan fingerprint density at radius 1 is 1.26 bits per heavy atom. The second-order valence-electron chi connectivity index (χ2n) is 5.96. The number of hydrogen-bond donors (Lipinski definition) is 1. The van der Waals surface area contributed by atoms with Crippen LogP contribution in [0.3, 0.4) is 0 Å². The number of aromatic nitrogens is 4. The lowest BCUT2D eigenvalue weighted by Gasteiger charge is -2.08. The van der Waals surface area contributed by atoms with E-state index in [1.807, 2.05) is 24.0 Å². The molecule has 0 aliphatic rings. The Morgan fingerprint density at radius 3 is 2.89 bits per heavy atom. The van der Waals surface area contributed by atoms with E-state index in [2.05, 4.69) is 15.5 Å². The normalized spacial score (nSPS) is 10.8. The Balaban J connectivity index is 1.45. The van der Waals surface area contributed by atoms with Gasteiger partial charge in [0.25, 0.3) is 5.91 Å². The molecule has 0 spiro atoms. The van der Waals surface area contributed by atoms with Crippen LogP contribution >= 0.6 is 23.2 Å². The first-order valence-electron chi connectivity index (χ1n) is 8.40. The number of carbonyl (C=O) groups excluding carboxylic acids is 1. The smallest absolute Gasteiger partial charge is 0.271 e. The first-order valence-corrected chi connectivity index (χ1v) is 9.16. The van der Waals surface area contributed by atoms with Gasteiger partial charge in [0.2, 0.25) is 0 Å². The Kier molecular flexibility index (Phi) is 6.36. The van der Waals surface area contributed by atoms with Gasteiger partial charge < -0.3 is 10.1 Å². The average molecular weight is 408 g/mol. The molecule has 0 radical (unpaired) electrons. The minimum absolute atomic E-state index is 0.117. The third-order valence-electron chi connectivity index (χ3n) is 3.75. The third kappa shape index (κ3) is 5.24. The third-order valence-corrected chi connectivity index (χ3v) is 4.56. The molecule has 7 nitrogen and oxygen atoms in total. The molecule has 0 atom stereocenters. The minimum Gasteiger partial charge on any atom is -0.470 e. The molecule has 1 N–H and O–H groups in total. The van der Waals surface area contributed by atoms with Crippen LogP contribution in [0.1, 0.15) is 22.5 Å². The van der Waals surface area contributed by atoms with Crippen molar-refractivity contribution in [2.75, 3.05) is 6.54 Å². The molecule has 1 amide bonds. The van der Waals surface area contributed by atoms with Gasteiger partial charge in [-0.05, 0) is 37.1 Å². The quantitative estimate of drug-likeness (QED) is 0.579. The van der Waals surface area contributed by atoms with Crippen molar-refractivity contribution in [2.45, 2.75) is 26.6 Å². The first kappa shape index (κ1) is 19.3. The Hall–Kier alpha value is -2.51. The fraction of sp³-hybridized carbons (Fsp3) is 0.278. The molecule has 142 valence electrons. The summed E-state index contributed by atoms with van der Waals surface area (Å²) in [6.07, 6.45) is 6.23. The van der Waals surface area contributed by atoms with Gasteiger partial charge in [-0.1, -0.05) is 29.3 Å². The number of nitrogens with one attached hydrogen (secondary N) is 1. The zero-order chi connectivity index (χ0) is 19.2. The second-order valence-corrected chi connectivity index (χ2v) is 6.74. The van der Waals surface area contributed by atoms with E-state index >= 15 is 0 Å². The zero-order valence-electron chi connectivity index (χ0n) is 14.7. The van der Waals surface area contributed by atoms with Crippen LogP contribution in [0.4, 0.5) is 0 Å². The van der Waals surface area contributed by atoms with Gasteiger partial charge in [-0.3, -0.25) is 9.48 Å². The number of hydrogen-bond acceptors (Lipinski definition) is 4. The average Bonchev–Trinajstić information content (AvgIpc) is 3.29. The molecule has 1 aromatic carbocycles. The molecule has 0 aliphatic carbocycles. The maximum Gasteiger partial charge on any atom is 0.271 e. The lowest BCUT2D eigenvalue weighted by molar-refractivity contribution is 0.0945. The lowest BCUT2D eigenvalue weighted by Crippen LogP contribution is -2.26. The molecule has 0 bridgehead atoms. The first-order chi connectivity index (χ1) is 13.0. The summed E-state index contributed by atoms with van der Waals surface area (Å²) < 4.78 is 8.96. The highest BCUT2D eigenvalue weighted by atomic mass is 35.5. The van der Waals surface area contributed by atoms with E-state index in [4.69, 9.17) is 27.9 Å². The van der Waals surface area contributed by atoms with Gasteiger partial charge in [-0.2, -0.15) is 10.2 Å². The van der Waals surface area contributed by atoms with Crippen molar-refractivity contribution in [3.63, 3.8) is 0 Å². The Bertz CT molecular complexity index is 922. The van der Waals surface area contributed by atoms with Crippen LogP contribution in [0, 0.1) is 6.92 Å². The molecule has 0 saturated heterocycles. The van der Waals surface area contributed by atoms with E-state index in [0.29, 0.717) is 28.0 Å². The Labute approximate surface area is 166 Å². The number of amides is 1. The van der Waals surface area contributed by atoms with Crippen LogP contribution in [-0.4, -0.2) is 32.0 Å². The standard InChI is InChI=1S/C18H19Cl2N5O2/c1-13-10-22-24(11-13)8-3-7-21-18(26)15-6-9-25(23-15)12-27-16-5-2-4-14(19)17(16)20/h2,4-6,9-11H,3,7-8,12H2,1H3,(H,21,26). The van der Waals surface area contributed by atoms with Crippen molar-refractivity contribution in [3.05, 3.63) is 64.2 Å². The molecule has 3 aromatic rings. The van der Waals surface area contributed by atoms with Crippen molar-refractivity contribution in [3.8, 4) is 5.75 Å². The van der Waals surface area contributed by atoms with Gasteiger partial charge >= 0.3 is 0 Å². The van der Waals surface area contributed by atoms with Gasteiger partial charge in [-0.25, -0.2) is 4.68 Å². The maximum absolute atomic E-state index is 12.2. The molecule has 2 aromatic heterocycles. The number of aryl methyl sites for hydroxylation is 2. The molecule has 0 unspecified atom stereocenters. The predicted octanol–water partition coefficient (Wildman–Crippen LogP) is 3.55. The van der Waals surface area contributed by atoms with Gasteiger partial charge in [-0.15, -0.1) is 0 Å². The highest BCUT2D eigenvalue weighted by Crippen LogP contribution is 2.31. The zero-order valence-corrected chi connectivity index (χ0v) is 16.2. The van der Waals surface area contributed by atoms with Crippen molar-refractivity contribution < 1.29 is 9.53 Å². The molecule has 0 saturated carbocycles. The van der Waals surface area contributed by atoms with Gasteiger partial charge in [0.05, 0.1) is 11.2 Å². The van der Waals surface area contributed by atoms with E-state index < -0.39 is 0 Å². The molecular weight excluding hydrogens is 389 g/mol. The number of rotatable bonds is 8. The van der Waals surface area contributed by atoms with E-state index in [1.54, 1.807) is 30.5 Å². The van der Waals surface area contributed by atoms with Gasteiger partial charge in [0.15, 0.2) is 6.73 Å². The number of carbonyl (C=O) groups is 1. The highest BCUT2D eigenvalue weighted by molar-refractivity contribution is 6.42. The van der Waals surface area contributed by atoms with Crippen molar-refractivity contribution >= 4 is 29.1 Å². The number of nitrogens with zero attached hydrogens (tertiary/aromatic N) is 4. The monoisotopic (exact) mass is 407 g/mol. The van der Waals surface area contributed by atoms with E-state index in [1.165, 1.54) is 4.68 Å². The van der Waals surface area contributed by atoms with E-state index in [9.17, 15) is 4.79 Å². The largest absolute Gasteiger partial charge is 0.470 e. The van der Waals surface area contributed by atoms with Crippen LogP contribution in [0.15, 0.2) is 42.9 Å². The fourth-order valence-electron chi connectivity index (χ4n) is 2.41. The van der Waals surface area contributed by atoms with Crippen molar-refractivity contribution in [1.82, 2.24) is 24.9 Å². The molecule has 0 fully saturated rings. The fourth-order valence-corrected chi connectivity index (χ4v) is 2.76. The van der Waals surface area contributed by atoms with Gasteiger partial charge in [0, 0.05) is 25.5 Å². The molecule has 2 heterocycles. The minimum atomic E-state index is -0.230. The highest BCUT2D eigenvalue weighted by Gasteiger charge is 2.10. The summed E-state index contributed by atoms with van der Waals surface area (Å²) in [6, 6.07) is 6.78. The SMILES string of the molecule is Cc1cnn(CCCNC(=O)c2ccn(COc3cccc(Cl)c3Cl)n2)c1. The van der Waals surface area contributed by atoms with E-state index in [-0.39, 0.29) is 12.6 Å². The summed E-state index contributed by atoms with van der Waals surface area (Å²) in [5.74, 6) is 0.228. The summed E-state index contributed by atoms with van der Waals surface area (Å²) >= 11 is 12.0. The second kappa shape index (κ2) is 8.92. The number of benzene rings is 1.